The van der Waals surface area contributed by atoms with Crippen LogP contribution in [0.5, 0.6) is 0 Å². The van der Waals surface area contributed by atoms with E-state index in [4.69, 9.17) is 0 Å². The van der Waals surface area contributed by atoms with Gasteiger partial charge in [-0.3, -0.25) is 0 Å². The minimum Gasteiger partial charge on any atom is -0.136 e. The van der Waals surface area contributed by atoms with Gasteiger partial charge in [-0.2, -0.15) is 0 Å². The minimum atomic E-state index is 1.22. The standard InChI is InChI=1S/C50H30S2/c1-3-7-35-21-39-17-31(9-13-37(39)19-33(35)5-1)11-15-47-27-45-25-41-23-44-30-50-46(26-42(44)24-43(41)29-49(45)51-47)28-48(52-50)16-12-32-10-14-38-20-34-6-2-4-8-36(34)22-40(38)18-32/h1-30H/b15-11+,16-12+. The number of rotatable bonds is 4. The molecule has 9 aromatic carbocycles. The van der Waals surface area contributed by atoms with Crippen LogP contribution in [0.2, 0.25) is 0 Å². The first-order valence-corrected chi connectivity index (χ1v) is 19.3. The first kappa shape index (κ1) is 29.6. The van der Waals surface area contributed by atoms with Crippen molar-refractivity contribution < 1.29 is 0 Å². The van der Waals surface area contributed by atoms with Crippen LogP contribution in [0.4, 0.5) is 0 Å². The van der Waals surface area contributed by atoms with Crippen LogP contribution in [-0.4, -0.2) is 0 Å². The molecule has 0 aliphatic rings. The molecule has 11 aromatic rings. The zero-order valence-corrected chi connectivity index (χ0v) is 29.8. The highest BCUT2D eigenvalue weighted by molar-refractivity contribution is 7.20. The molecular formula is C50H30S2. The topological polar surface area (TPSA) is 0 Å². The Labute approximate surface area is 308 Å². The van der Waals surface area contributed by atoms with E-state index in [1.807, 2.05) is 22.7 Å². The van der Waals surface area contributed by atoms with Crippen molar-refractivity contribution in [1.29, 1.82) is 0 Å². The summed E-state index contributed by atoms with van der Waals surface area (Å²) in [6.07, 6.45) is 9.01. The largest absolute Gasteiger partial charge is 0.136 e. The van der Waals surface area contributed by atoms with Crippen molar-refractivity contribution in [3.63, 3.8) is 0 Å². The van der Waals surface area contributed by atoms with E-state index in [1.54, 1.807) is 0 Å². The number of fused-ring (bicyclic) bond motifs is 8. The molecule has 0 unspecified atom stereocenters. The summed E-state index contributed by atoms with van der Waals surface area (Å²) in [5.74, 6) is 0. The summed E-state index contributed by atoms with van der Waals surface area (Å²) in [5.41, 5.74) is 2.44. The summed E-state index contributed by atoms with van der Waals surface area (Å²) in [4.78, 5) is 2.54. The molecule has 52 heavy (non-hydrogen) atoms. The molecule has 0 nitrogen and oxygen atoms in total. The van der Waals surface area contributed by atoms with Gasteiger partial charge in [-0.1, -0.05) is 84.9 Å². The van der Waals surface area contributed by atoms with Gasteiger partial charge in [-0.25, -0.2) is 0 Å². The minimum absolute atomic E-state index is 1.22. The Kier molecular flexibility index (Phi) is 6.70. The van der Waals surface area contributed by atoms with Crippen molar-refractivity contribution in [2.45, 2.75) is 0 Å². The smallest absolute Gasteiger partial charge is 0.0355 e. The van der Waals surface area contributed by atoms with Gasteiger partial charge in [0.1, 0.15) is 0 Å². The first-order chi connectivity index (χ1) is 25.6. The van der Waals surface area contributed by atoms with Gasteiger partial charge < -0.3 is 0 Å². The number of hydrogen-bond acceptors (Lipinski definition) is 2. The number of hydrogen-bond donors (Lipinski definition) is 0. The lowest BCUT2D eigenvalue weighted by molar-refractivity contribution is 1.73. The van der Waals surface area contributed by atoms with E-state index in [0.717, 1.165) is 0 Å². The lowest BCUT2D eigenvalue weighted by atomic mass is 10.0. The maximum absolute atomic E-state index is 2.37. The number of benzene rings is 9. The fourth-order valence-electron chi connectivity index (χ4n) is 7.76. The maximum Gasteiger partial charge on any atom is 0.0355 e. The molecule has 0 spiro atoms. The first-order valence-electron chi connectivity index (χ1n) is 17.7. The van der Waals surface area contributed by atoms with Gasteiger partial charge in [0.2, 0.25) is 0 Å². The van der Waals surface area contributed by atoms with E-state index >= 15 is 0 Å². The third-order valence-electron chi connectivity index (χ3n) is 10.4. The van der Waals surface area contributed by atoms with Crippen LogP contribution in [0.15, 0.2) is 158 Å². The monoisotopic (exact) mass is 694 g/mol. The second kappa shape index (κ2) is 11.7. The van der Waals surface area contributed by atoms with E-state index in [-0.39, 0.29) is 0 Å². The van der Waals surface area contributed by atoms with Crippen LogP contribution in [0.3, 0.4) is 0 Å². The lowest BCUT2D eigenvalue weighted by Gasteiger charge is -2.04. The average Bonchev–Trinajstić information content (AvgIpc) is 3.77. The Bertz CT molecular complexity index is 2990. The summed E-state index contributed by atoms with van der Waals surface area (Å²) in [7, 11) is 0. The molecular weight excluding hydrogens is 665 g/mol. The summed E-state index contributed by atoms with van der Waals surface area (Å²) in [6.45, 7) is 0. The molecule has 0 bridgehead atoms. The molecule has 2 heterocycles. The fourth-order valence-corrected chi connectivity index (χ4v) is 9.76. The van der Waals surface area contributed by atoms with Crippen molar-refractivity contribution in [2.24, 2.45) is 0 Å². The normalized spacial score (nSPS) is 12.5. The van der Waals surface area contributed by atoms with Gasteiger partial charge >= 0.3 is 0 Å². The molecule has 0 aliphatic carbocycles. The molecule has 0 saturated carbocycles. The average molecular weight is 695 g/mol. The quantitative estimate of drug-likeness (QED) is 0.161. The zero-order chi connectivity index (χ0) is 34.2. The van der Waals surface area contributed by atoms with Crippen LogP contribution in [0.25, 0.3) is 109 Å². The Morgan fingerprint density at radius 2 is 0.577 bits per heavy atom. The van der Waals surface area contributed by atoms with Crippen molar-refractivity contribution in [2.75, 3.05) is 0 Å². The summed E-state index contributed by atoms with van der Waals surface area (Å²) in [6, 6.07) is 58.7. The fraction of sp³-hybridized carbons (Fsp3) is 0. The van der Waals surface area contributed by atoms with Crippen LogP contribution in [0, 0.1) is 0 Å². The van der Waals surface area contributed by atoms with Crippen LogP contribution in [-0.2, 0) is 0 Å². The van der Waals surface area contributed by atoms with E-state index in [1.165, 1.54) is 106 Å². The molecule has 0 fully saturated rings. The van der Waals surface area contributed by atoms with Crippen molar-refractivity contribution in [3.8, 4) is 0 Å². The summed E-state index contributed by atoms with van der Waals surface area (Å²) in [5, 5.41) is 18.0. The Hall–Kier alpha value is -6.06. The molecule has 0 amide bonds. The zero-order valence-electron chi connectivity index (χ0n) is 28.1. The second-order valence-corrected chi connectivity index (χ2v) is 16.1. The summed E-state index contributed by atoms with van der Waals surface area (Å²) < 4.78 is 2.64. The van der Waals surface area contributed by atoms with E-state index in [2.05, 4.69) is 182 Å². The Morgan fingerprint density at radius 3 is 1.02 bits per heavy atom. The summed E-state index contributed by atoms with van der Waals surface area (Å²) >= 11 is 3.72. The SMILES string of the molecule is C(=C\c1cc2cc3cc4cc5sc(/C=C/c6ccc7cc8ccccc8cc7c6)cc5cc4cc3cc2s1)/c1ccc2cc3ccccc3cc2c1. The van der Waals surface area contributed by atoms with E-state index < -0.39 is 0 Å². The van der Waals surface area contributed by atoms with Crippen LogP contribution >= 0.6 is 22.7 Å². The van der Waals surface area contributed by atoms with Crippen molar-refractivity contribution in [1.82, 2.24) is 0 Å². The molecule has 0 radical (unpaired) electrons. The van der Waals surface area contributed by atoms with Gasteiger partial charge in [0, 0.05) is 19.2 Å². The third-order valence-corrected chi connectivity index (χ3v) is 12.6. The maximum atomic E-state index is 2.37. The molecule has 11 rings (SSSR count). The molecule has 2 aromatic heterocycles. The van der Waals surface area contributed by atoms with Crippen LogP contribution < -0.4 is 0 Å². The highest BCUT2D eigenvalue weighted by Crippen LogP contribution is 2.37. The number of thiophene rings is 2. The predicted octanol–water partition coefficient (Wildman–Crippen LogP) is 15.4. The van der Waals surface area contributed by atoms with Crippen LogP contribution in [0.1, 0.15) is 20.9 Å². The van der Waals surface area contributed by atoms with Gasteiger partial charge in [-0.15, -0.1) is 22.7 Å². The highest BCUT2D eigenvalue weighted by Gasteiger charge is 2.08. The van der Waals surface area contributed by atoms with Gasteiger partial charge in [-0.05, 0) is 184 Å². The van der Waals surface area contributed by atoms with Crippen molar-refractivity contribution >= 4 is 132 Å². The third kappa shape index (κ3) is 5.27. The highest BCUT2D eigenvalue weighted by atomic mass is 32.1. The molecule has 0 atom stereocenters. The molecule has 2 heteroatoms. The van der Waals surface area contributed by atoms with Gasteiger partial charge in [0.25, 0.3) is 0 Å². The Balaban J connectivity index is 0.881. The van der Waals surface area contributed by atoms with E-state index in [9.17, 15) is 0 Å². The van der Waals surface area contributed by atoms with Gasteiger partial charge in [0.05, 0.1) is 0 Å². The molecule has 0 N–H and O–H groups in total. The lowest BCUT2D eigenvalue weighted by Crippen LogP contribution is -1.78. The predicted molar refractivity (Wildman–Crippen MR) is 233 cm³/mol. The van der Waals surface area contributed by atoms with Crippen molar-refractivity contribution in [3.05, 3.63) is 179 Å². The Morgan fingerprint density at radius 1 is 0.250 bits per heavy atom. The van der Waals surface area contributed by atoms with Gasteiger partial charge in [0.15, 0.2) is 0 Å². The molecule has 0 aliphatic heterocycles. The second-order valence-electron chi connectivity index (χ2n) is 13.9. The molecule has 242 valence electrons. The van der Waals surface area contributed by atoms with E-state index in [0.29, 0.717) is 0 Å². The molecule has 0 saturated heterocycles.